The van der Waals surface area contributed by atoms with Gasteiger partial charge >= 0.3 is 0 Å². The Morgan fingerprint density at radius 1 is 1.56 bits per heavy atom. The van der Waals surface area contributed by atoms with Gasteiger partial charge in [-0.2, -0.15) is 0 Å². The van der Waals surface area contributed by atoms with E-state index in [9.17, 15) is 22.9 Å². The molecule has 2 N–H and O–H groups in total. The normalized spacial score (nSPS) is 13.3. The number of hydrogen-bond acceptors (Lipinski definition) is 5. The van der Waals surface area contributed by atoms with Gasteiger partial charge in [0.1, 0.15) is 10.7 Å². The molecule has 0 fully saturated rings. The van der Waals surface area contributed by atoms with Gasteiger partial charge in [0.25, 0.3) is 5.69 Å². The molecule has 1 aromatic carbocycles. The Labute approximate surface area is 102 Å². The maximum Gasteiger partial charge on any atom is 0.270 e. The van der Waals surface area contributed by atoms with E-state index in [-0.39, 0.29) is 6.54 Å². The topological polar surface area (TPSA) is 110 Å². The number of hydrogen-bond donors (Lipinski definition) is 2. The first-order valence-corrected chi connectivity index (χ1v) is 6.34. The Hall–Kier alpha value is -1.58. The second-order valence-corrected chi connectivity index (χ2v) is 5.31. The number of nitro groups is 1. The number of non-ortho nitro benzene ring substituents is 1. The lowest BCUT2D eigenvalue weighted by atomic mass is 10.3. The van der Waals surface area contributed by atoms with Crippen molar-refractivity contribution in [3.8, 4) is 0 Å². The van der Waals surface area contributed by atoms with Gasteiger partial charge in [-0.3, -0.25) is 10.1 Å². The van der Waals surface area contributed by atoms with Crippen LogP contribution in [0.5, 0.6) is 0 Å². The van der Waals surface area contributed by atoms with Crippen LogP contribution in [0.3, 0.4) is 0 Å². The van der Waals surface area contributed by atoms with Gasteiger partial charge in [0, 0.05) is 18.7 Å². The summed E-state index contributed by atoms with van der Waals surface area (Å²) in [5.41, 5.74) is -0.533. The molecule has 0 aliphatic heterocycles. The molecule has 0 aliphatic carbocycles. The fourth-order valence-corrected chi connectivity index (χ4v) is 2.34. The maximum atomic E-state index is 13.3. The average molecular weight is 278 g/mol. The van der Waals surface area contributed by atoms with Crippen molar-refractivity contribution in [1.82, 2.24) is 4.72 Å². The van der Waals surface area contributed by atoms with Crippen LogP contribution < -0.4 is 4.72 Å². The summed E-state index contributed by atoms with van der Waals surface area (Å²) in [6.07, 6.45) is -0.957. The summed E-state index contributed by atoms with van der Waals surface area (Å²) in [6.45, 7) is 1.02. The van der Waals surface area contributed by atoms with Crippen molar-refractivity contribution >= 4 is 15.7 Å². The SMILES string of the molecule is C[C@H](O)CNS(=O)(=O)c1cc([N+](=O)[O-])ccc1F. The molecular formula is C9H11FN2O5S. The van der Waals surface area contributed by atoms with E-state index in [0.29, 0.717) is 12.1 Å². The molecule has 0 saturated carbocycles. The molecule has 0 spiro atoms. The van der Waals surface area contributed by atoms with Crippen molar-refractivity contribution in [3.05, 3.63) is 34.1 Å². The zero-order valence-electron chi connectivity index (χ0n) is 9.33. The minimum absolute atomic E-state index is 0.315. The van der Waals surface area contributed by atoms with Crippen LogP contribution in [0.2, 0.25) is 0 Å². The van der Waals surface area contributed by atoms with Crippen LogP contribution in [-0.2, 0) is 10.0 Å². The highest BCUT2D eigenvalue weighted by Gasteiger charge is 2.22. The fourth-order valence-electron chi connectivity index (χ4n) is 1.12. The van der Waals surface area contributed by atoms with Crippen LogP contribution in [0.25, 0.3) is 0 Å². The molecule has 1 aromatic rings. The molecule has 0 amide bonds. The highest BCUT2D eigenvalue weighted by Crippen LogP contribution is 2.20. The van der Waals surface area contributed by atoms with Gasteiger partial charge in [0.05, 0.1) is 11.0 Å². The van der Waals surface area contributed by atoms with Gasteiger partial charge < -0.3 is 5.11 Å². The lowest BCUT2D eigenvalue weighted by Gasteiger charge is -2.08. The molecule has 0 aliphatic rings. The molecule has 0 bridgehead atoms. The van der Waals surface area contributed by atoms with Gasteiger partial charge in [-0.25, -0.2) is 17.5 Å². The minimum atomic E-state index is -4.23. The number of nitrogens with zero attached hydrogens (tertiary/aromatic N) is 1. The molecule has 0 radical (unpaired) electrons. The van der Waals surface area contributed by atoms with Crippen LogP contribution in [0.4, 0.5) is 10.1 Å². The third kappa shape index (κ3) is 3.45. The van der Waals surface area contributed by atoms with Crippen molar-refractivity contribution < 1.29 is 22.8 Å². The molecule has 0 aromatic heterocycles. The van der Waals surface area contributed by atoms with E-state index in [4.69, 9.17) is 5.11 Å². The smallest absolute Gasteiger partial charge is 0.270 e. The van der Waals surface area contributed by atoms with Crippen molar-refractivity contribution in [2.45, 2.75) is 17.9 Å². The Kier molecular flexibility index (Phi) is 4.33. The summed E-state index contributed by atoms with van der Waals surface area (Å²) in [6, 6.07) is 2.19. The molecule has 0 unspecified atom stereocenters. The molecule has 100 valence electrons. The van der Waals surface area contributed by atoms with Crippen molar-refractivity contribution in [2.75, 3.05) is 6.54 Å². The van der Waals surface area contributed by atoms with E-state index in [1.165, 1.54) is 6.92 Å². The molecular weight excluding hydrogens is 267 g/mol. The number of aliphatic hydroxyl groups is 1. The van der Waals surface area contributed by atoms with E-state index in [0.717, 1.165) is 6.07 Å². The van der Waals surface area contributed by atoms with Crippen LogP contribution >= 0.6 is 0 Å². The molecule has 9 heteroatoms. The highest BCUT2D eigenvalue weighted by atomic mass is 32.2. The van der Waals surface area contributed by atoms with Gasteiger partial charge in [0.15, 0.2) is 0 Å². The Balaban J connectivity index is 3.15. The van der Waals surface area contributed by atoms with Crippen molar-refractivity contribution in [2.24, 2.45) is 0 Å². The van der Waals surface area contributed by atoms with Crippen LogP contribution in [0.15, 0.2) is 23.1 Å². The standard InChI is InChI=1S/C9H11FN2O5S/c1-6(13)5-11-18(16,17)9-4-7(12(14)15)2-3-8(9)10/h2-4,6,11,13H,5H2,1H3/t6-/m0/s1. The lowest BCUT2D eigenvalue weighted by Crippen LogP contribution is -2.31. The van der Waals surface area contributed by atoms with Crippen molar-refractivity contribution in [1.29, 1.82) is 0 Å². The number of sulfonamides is 1. The first-order chi connectivity index (χ1) is 8.24. The van der Waals surface area contributed by atoms with E-state index < -0.39 is 37.5 Å². The third-order valence-electron chi connectivity index (χ3n) is 1.98. The maximum absolute atomic E-state index is 13.3. The zero-order chi connectivity index (χ0) is 13.9. The number of aliphatic hydroxyl groups excluding tert-OH is 1. The first-order valence-electron chi connectivity index (χ1n) is 4.85. The zero-order valence-corrected chi connectivity index (χ0v) is 10.1. The van der Waals surface area contributed by atoms with Gasteiger partial charge in [-0.15, -0.1) is 0 Å². The number of nitrogens with one attached hydrogen (secondary N) is 1. The molecule has 1 rings (SSSR count). The summed E-state index contributed by atoms with van der Waals surface area (Å²) < 4.78 is 38.6. The van der Waals surface area contributed by atoms with E-state index in [1.807, 2.05) is 4.72 Å². The summed E-state index contributed by atoms with van der Waals surface area (Å²) in [5.74, 6) is -1.10. The molecule has 1 atom stereocenters. The predicted octanol–water partition coefficient (Wildman–Crippen LogP) is 0.393. The molecule has 0 saturated heterocycles. The quantitative estimate of drug-likeness (QED) is 0.598. The van der Waals surface area contributed by atoms with Crippen LogP contribution in [0, 0.1) is 15.9 Å². The van der Waals surface area contributed by atoms with E-state index in [1.54, 1.807) is 0 Å². The number of nitro benzene ring substituents is 1. The lowest BCUT2D eigenvalue weighted by molar-refractivity contribution is -0.385. The van der Waals surface area contributed by atoms with Gasteiger partial charge in [-0.1, -0.05) is 0 Å². The predicted molar refractivity (Wildman–Crippen MR) is 59.9 cm³/mol. The third-order valence-corrected chi connectivity index (χ3v) is 3.42. The molecule has 7 nitrogen and oxygen atoms in total. The van der Waals surface area contributed by atoms with Crippen LogP contribution in [0.1, 0.15) is 6.92 Å². The summed E-state index contributed by atoms with van der Waals surface area (Å²) in [4.78, 5) is 8.84. The number of rotatable bonds is 5. The Morgan fingerprint density at radius 2 is 2.17 bits per heavy atom. The Morgan fingerprint density at radius 3 is 2.67 bits per heavy atom. The van der Waals surface area contributed by atoms with Crippen molar-refractivity contribution in [3.63, 3.8) is 0 Å². The largest absolute Gasteiger partial charge is 0.392 e. The summed E-state index contributed by atoms with van der Waals surface area (Å²) >= 11 is 0. The van der Waals surface area contributed by atoms with Crippen LogP contribution in [-0.4, -0.2) is 31.1 Å². The van der Waals surface area contributed by atoms with E-state index in [2.05, 4.69) is 0 Å². The van der Waals surface area contributed by atoms with Gasteiger partial charge in [-0.05, 0) is 13.0 Å². The second-order valence-electron chi connectivity index (χ2n) is 3.57. The number of benzene rings is 1. The first kappa shape index (κ1) is 14.5. The van der Waals surface area contributed by atoms with E-state index >= 15 is 0 Å². The number of halogens is 1. The molecule has 0 heterocycles. The fraction of sp³-hybridized carbons (Fsp3) is 0.333. The minimum Gasteiger partial charge on any atom is -0.392 e. The van der Waals surface area contributed by atoms with Gasteiger partial charge in [0.2, 0.25) is 10.0 Å². The average Bonchev–Trinajstić information content (AvgIpc) is 2.26. The summed E-state index contributed by atoms with van der Waals surface area (Å²) in [5, 5.41) is 19.4. The Bertz CT molecular complexity index is 558. The second kappa shape index (κ2) is 5.38. The monoisotopic (exact) mass is 278 g/mol. The highest BCUT2D eigenvalue weighted by molar-refractivity contribution is 7.89. The molecule has 18 heavy (non-hydrogen) atoms. The summed E-state index contributed by atoms with van der Waals surface area (Å²) in [7, 11) is -4.23.